The summed E-state index contributed by atoms with van der Waals surface area (Å²) in [6.07, 6.45) is 10.0. The summed E-state index contributed by atoms with van der Waals surface area (Å²) in [7, 11) is 0. The maximum Gasteiger partial charge on any atom is 0.133 e. The van der Waals surface area contributed by atoms with E-state index in [0.717, 1.165) is 43.4 Å². The molecule has 0 aliphatic heterocycles. The van der Waals surface area contributed by atoms with Gasteiger partial charge >= 0.3 is 0 Å². The molecule has 1 N–H and O–H groups in total. The molecule has 2 nitrogen and oxygen atoms in total. The van der Waals surface area contributed by atoms with Crippen molar-refractivity contribution >= 4 is 5.78 Å². The molecule has 118 valence electrons. The van der Waals surface area contributed by atoms with E-state index in [1.165, 1.54) is 32.1 Å². The number of carbonyl (C=O) groups excluding carboxylic acids is 1. The van der Waals surface area contributed by atoms with Crippen LogP contribution >= 0.6 is 0 Å². The van der Waals surface area contributed by atoms with E-state index in [-0.39, 0.29) is 11.5 Å². The maximum atomic E-state index is 11.9. The number of fused-ring (bicyclic) bond motifs is 5. The largest absolute Gasteiger partial charge is 0.393 e. The molecule has 4 saturated carbocycles. The van der Waals surface area contributed by atoms with Crippen LogP contribution in [0.2, 0.25) is 0 Å². The molecule has 4 aliphatic carbocycles. The highest BCUT2D eigenvalue weighted by Crippen LogP contribution is 2.65. The van der Waals surface area contributed by atoms with Gasteiger partial charge in [0.05, 0.1) is 6.10 Å². The van der Waals surface area contributed by atoms with Gasteiger partial charge in [-0.25, -0.2) is 0 Å². The fourth-order valence-corrected chi connectivity index (χ4v) is 7.02. The quantitative estimate of drug-likeness (QED) is 0.733. The van der Waals surface area contributed by atoms with Gasteiger partial charge in [-0.1, -0.05) is 13.8 Å². The maximum absolute atomic E-state index is 11.9. The fourth-order valence-electron chi connectivity index (χ4n) is 7.02. The molecular weight excluding hydrogens is 260 g/mol. The highest BCUT2D eigenvalue weighted by Gasteiger charge is 2.59. The van der Waals surface area contributed by atoms with E-state index in [9.17, 15) is 9.90 Å². The van der Waals surface area contributed by atoms with Crippen LogP contribution in [0.3, 0.4) is 0 Å². The second kappa shape index (κ2) is 4.57. The molecule has 0 heterocycles. The summed E-state index contributed by atoms with van der Waals surface area (Å²) in [5, 5.41) is 10.5. The third-order valence-electron chi connectivity index (χ3n) is 8.43. The lowest BCUT2D eigenvalue weighted by Crippen LogP contribution is -2.54. The minimum absolute atomic E-state index is 0.0677. The van der Waals surface area contributed by atoms with Gasteiger partial charge in [0.1, 0.15) is 5.78 Å². The zero-order chi connectivity index (χ0) is 14.8. The molecule has 4 rings (SSSR count). The Morgan fingerprint density at radius 1 is 0.952 bits per heavy atom. The predicted octanol–water partition coefficient (Wildman–Crippen LogP) is 3.96. The molecule has 0 saturated heterocycles. The van der Waals surface area contributed by atoms with Gasteiger partial charge in [-0.15, -0.1) is 0 Å². The van der Waals surface area contributed by atoms with Gasteiger partial charge in [0.2, 0.25) is 0 Å². The van der Waals surface area contributed by atoms with Crippen LogP contribution in [0.4, 0.5) is 0 Å². The first-order valence-corrected chi connectivity index (χ1v) is 9.15. The Hall–Kier alpha value is -0.370. The highest BCUT2D eigenvalue weighted by molar-refractivity contribution is 5.79. The predicted molar refractivity (Wildman–Crippen MR) is 82.7 cm³/mol. The van der Waals surface area contributed by atoms with Crippen molar-refractivity contribution in [2.75, 3.05) is 0 Å². The number of aliphatic hydroxyl groups is 1. The molecule has 7 atom stereocenters. The lowest BCUT2D eigenvalue weighted by Gasteiger charge is -2.60. The molecule has 21 heavy (non-hydrogen) atoms. The van der Waals surface area contributed by atoms with Crippen LogP contribution in [0, 0.1) is 34.5 Å². The zero-order valence-corrected chi connectivity index (χ0v) is 13.6. The number of aliphatic hydroxyl groups excluding tert-OH is 1. The van der Waals surface area contributed by atoms with Crippen molar-refractivity contribution in [3.8, 4) is 0 Å². The Balaban J connectivity index is 1.64. The van der Waals surface area contributed by atoms with Gasteiger partial charge in [-0.3, -0.25) is 4.79 Å². The highest BCUT2D eigenvalue weighted by atomic mass is 16.3. The van der Waals surface area contributed by atoms with Crippen molar-refractivity contribution in [2.45, 2.75) is 77.7 Å². The minimum atomic E-state index is -0.0677. The molecule has 0 aromatic heterocycles. The van der Waals surface area contributed by atoms with Crippen LogP contribution in [0.5, 0.6) is 0 Å². The Morgan fingerprint density at radius 2 is 1.71 bits per heavy atom. The lowest BCUT2D eigenvalue weighted by atomic mass is 9.45. The number of hydrogen-bond donors (Lipinski definition) is 1. The Labute approximate surface area is 128 Å². The number of Topliss-reactive ketones (excluding diaryl/α,β-unsaturated/α-hetero) is 1. The fraction of sp³-hybridized carbons (Fsp3) is 0.947. The Morgan fingerprint density at radius 3 is 2.52 bits per heavy atom. The summed E-state index contributed by atoms with van der Waals surface area (Å²) in [6, 6.07) is 0. The van der Waals surface area contributed by atoms with Crippen molar-refractivity contribution in [3.63, 3.8) is 0 Å². The second-order valence-corrected chi connectivity index (χ2v) is 9.04. The molecule has 4 fully saturated rings. The third-order valence-corrected chi connectivity index (χ3v) is 8.43. The zero-order valence-electron chi connectivity index (χ0n) is 13.6. The van der Waals surface area contributed by atoms with Gasteiger partial charge in [-0.2, -0.15) is 0 Å². The Bertz CT molecular complexity index is 458. The first kappa shape index (κ1) is 14.2. The van der Waals surface area contributed by atoms with Crippen LogP contribution in [0.1, 0.15) is 71.6 Å². The van der Waals surface area contributed by atoms with Gasteiger partial charge in [0.15, 0.2) is 0 Å². The topological polar surface area (TPSA) is 37.3 Å². The van der Waals surface area contributed by atoms with E-state index < -0.39 is 0 Å². The van der Waals surface area contributed by atoms with E-state index >= 15 is 0 Å². The number of ketones is 1. The summed E-state index contributed by atoms with van der Waals surface area (Å²) in [4.78, 5) is 11.9. The third kappa shape index (κ3) is 1.84. The summed E-state index contributed by atoms with van der Waals surface area (Å²) < 4.78 is 0. The average molecular weight is 290 g/mol. The molecule has 0 amide bonds. The van der Waals surface area contributed by atoms with Crippen molar-refractivity contribution in [1.82, 2.24) is 0 Å². The molecule has 4 aliphatic rings. The van der Waals surface area contributed by atoms with Gasteiger partial charge in [-0.05, 0) is 79.4 Å². The standard InChI is InChI=1S/C19H30O2/c1-18-9-7-13(20)11-12(18)3-4-14-15-5-6-17(21)19(15,2)10-8-16(14)18/h12,14-17,21H,3-11H2,1-2H3/t12-,14+,15+,16+,17-,18-,19-/m0/s1. The van der Waals surface area contributed by atoms with Crippen LogP contribution in [0.25, 0.3) is 0 Å². The van der Waals surface area contributed by atoms with Crippen LogP contribution in [-0.2, 0) is 4.79 Å². The van der Waals surface area contributed by atoms with Gasteiger partial charge in [0, 0.05) is 12.8 Å². The van der Waals surface area contributed by atoms with Crippen LogP contribution < -0.4 is 0 Å². The van der Waals surface area contributed by atoms with Gasteiger partial charge < -0.3 is 5.11 Å². The summed E-state index contributed by atoms with van der Waals surface area (Å²) in [6.45, 7) is 4.85. The first-order chi connectivity index (χ1) is 9.95. The summed E-state index contributed by atoms with van der Waals surface area (Å²) >= 11 is 0. The Kier molecular flexibility index (Phi) is 3.10. The molecule has 2 heteroatoms. The number of hydrogen-bond acceptors (Lipinski definition) is 2. The molecule has 0 aromatic rings. The molecule has 0 radical (unpaired) electrons. The van der Waals surface area contributed by atoms with E-state index in [4.69, 9.17) is 0 Å². The summed E-state index contributed by atoms with van der Waals surface area (Å²) in [5.41, 5.74) is 0.598. The van der Waals surface area contributed by atoms with E-state index in [0.29, 0.717) is 17.1 Å². The number of rotatable bonds is 0. The minimum Gasteiger partial charge on any atom is -0.393 e. The van der Waals surface area contributed by atoms with Crippen molar-refractivity contribution in [3.05, 3.63) is 0 Å². The SMILES string of the molecule is C[C@]12CCC(=O)C[C@@H]1CC[C@H]1[C@H]2CC[C@@]2(C)[C@@H]1CC[C@@H]2O. The number of carbonyl (C=O) groups is 1. The first-order valence-electron chi connectivity index (χ1n) is 9.15. The molecule has 0 aromatic carbocycles. The van der Waals surface area contributed by atoms with Crippen LogP contribution in [-0.4, -0.2) is 17.0 Å². The van der Waals surface area contributed by atoms with Gasteiger partial charge in [0.25, 0.3) is 0 Å². The van der Waals surface area contributed by atoms with Crippen molar-refractivity contribution in [2.24, 2.45) is 34.5 Å². The molecular formula is C19H30O2. The van der Waals surface area contributed by atoms with Crippen LogP contribution in [0.15, 0.2) is 0 Å². The van der Waals surface area contributed by atoms with E-state index in [2.05, 4.69) is 13.8 Å². The average Bonchev–Trinajstić information content (AvgIpc) is 2.76. The molecule has 0 spiro atoms. The monoisotopic (exact) mass is 290 g/mol. The smallest absolute Gasteiger partial charge is 0.133 e. The normalized spacial score (nSPS) is 56.5. The van der Waals surface area contributed by atoms with E-state index in [1.54, 1.807) is 0 Å². The van der Waals surface area contributed by atoms with E-state index in [1.807, 2.05) is 0 Å². The summed E-state index contributed by atoms with van der Waals surface area (Å²) in [5.74, 6) is 3.52. The molecule has 0 unspecified atom stereocenters. The second-order valence-electron chi connectivity index (χ2n) is 9.04. The lowest BCUT2D eigenvalue weighted by molar-refractivity contribution is -0.141. The van der Waals surface area contributed by atoms with Crippen molar-refractivity contribution in [1.29, 1.82) is 0 Å². The van der Waals surface area contributed by atoms with Crippen molar-refractivity contribution < 1.29 is 9.90 Å². The molecule has 0 bridgehead atoms.